The van der Waals surface area contributed by atoms with Crippen LogP contribution in [-0.2, 0) is 0 Å². The van der Waals surface area contributed by atoms with E-state index in [0.29, 0.717) is 11.1 Å². The van der Waals surface area contributed by atoms with Gasteiger partial charge < -0.3 is 4.90 Å². The van der Waals surface area contributed by atoms with Crippen molar-refractivity contribution < 1.29 is 0 Å². The van der Waals surface area contributed by atoms with E-state index in [1.54, 1.807) is 6.92 Å². The number of nitrogens with zero attached hydrogens (tertiary/aromatic N) is 3. The molecule has 0 unspecified atom stereocenters. The molecule has 3 nitrogen and oxygen atoms in total. The molecule has 0 heterocycles. The van der Waals surface area contributed by atoms with E-state index in [0.717, 1.165) is 11.3 Å². The molecular formula is C13H13N3. The summed E-state index contributed by atoms with van der Waals surface area (Å²) >= 11 is 0. The zero-order valence-corrected chi connectivity index (χ0v) is 9.65. The topological polar surface area (TPSA) is 50.8 Å². The van der Waals surface area contributed by atoms with Crippen molar-refractivity contribution >= 4 is 11.3 Å². The van der Waals surface area contributed by atoms with Crippen LogP contribution in [0.5, 0.6) is 0 Å². The van der Waals surface area contributed by atoms with Crippen LogP contribution < -0.4 is 4.90 Å². The number of anilines is 1. The van der Waals surface area contributed by atoms with E-state index >= 15 is 0 Å². The van der Waals surface area contributed by atoms with Gasteiger partial charge in [0.15, 0.2) is 0 Å². The second-order valence-corrected chi connectivity index (χ2v) is 3.66. The molecule has 1 aromatic carbocycles. The van der Waals surface area contributed by atoms with Gasteiger partial charge in [0, 0.05) is 25.4 Å². The van der Waals surface area contributed by atoms with Crippen molar-refractivity contribution in [2.75, 3.05) is 19.0 Å². The molecule has 0 saturated heterocycles. The Labute approximate surface area is 95.8 Å². The van der Waals surface area contributed by atoms with E-state index in [1.165, 1.54) is 0 Å². The normalized spacial score (nSPS) is 11.1. The maximum atomic E-state index is 8.99. The van der Waals surface area contributed by atoms with Crippen molar-refractivity contribution in [2.24, 2.45) is 0 Å². The molecule has 0 aliphatic carbocycles. The van der Waals surface area contributed by atoms with Gasteiger partial charge in [-0.3, -0.25) is 0 Å². The first-order valence-corrected chi connectivity index (χ1v) is 4.89. The first-order chi connectivity index (χ1) is 7.60. The Morgan fingerprint density at radius 1 is 1.06 bits per heavy atom. The lowest BCUT2D eigenvalue weighted by molar-refractivity contribution is 1.13. The number of hydrogen-bond donors (Lipinski definition) is 0. The van der Waals surface area contributed by atoms with Crippen molar-refractivity contribution in [3.8, 4) is 12.1 Å². The average molecular weight is 211 g/mol. The Morgan fingerprint density at radius 3 is 2.00 bits per heavy atom. The summed E-state index contributed by atoms with van der Waals surface area (Å²) in [5.74, 6) is 0. The first-order valence-electron chi connectivity index (χ1n) is 4.89. The number of allylic oxidation sites excluding steroid dienone is 2. The predicted octanol–water partition coefficient (Wildman–Crippen LogP) is 2.57. The highest BCUT2D eigenvalue weighted by Crippen LogP contribution is 2.20. The summed E-state index contributed by atoms with van der Waals surface area (Å²) in [4.78, 5) is 1.98. The van der Waals surface area contributed by atoms with Crippen LogP contribution >= 0.6 is 0 Å². The van der Waals surface area contributed by atoms with E-state index in [-0.39, 0.29) is 0 Å². The molecule has 0 aliphatic rings. The van der Waals surface area contributed by atoms with Gasteiger partial charge in [-0.1, -0.05) is 12.1 Å². The van der Waals surface area contributed by atoms with Crippen LogP contribution in [-0.4, -0.2) is 14.1 Å². The van der Waals surface area contributed by atoms with Gasteiger partial charge >= 0.3 is 0 Å². The van der Waals surface area contributed by atoms with Gasteiger partial charge in [0.25, 0.3) is 0 Å². The van der Waals surface area contributed by atoms with Crippen LogP contribution in [0.2, 0.25) is 0 Å². The Morgan fingerprint density at radius 2 is 1.62 bits per heavy atom. The molecule has 0 aromatic heterocycles. The maximum absolute atomic E-state index is 8.99. The molecule has 0 amide bonds. The highest BCUT2D eigenvalue weighted by molar-refractivity contribution is 5.81. The van der Waals surface area contributed by atoms with E-state index in [2.05, 4.69) is 6.07 Å². The fraction of sp³-hybridized carbons (Fsp3) is 0.231. The summed E-state index contributed by atoms with van der Waals surface area (Å²) in [7, 11) is 3.91. The van der Waals surface area contributed by atoms with Gasteiger partial charge in [0.05, 0.1) is 11.6 Å². The summed E-state index contributed by atoms with van der Waals surface area (Å²) in [6.45, 7) is 1.65. The van der Waals surface area contributed by atoms with Gasteiger partial charge in [-0.05, 0) is 24.6 Å². The quantitative estimate of drug-likeness (QED) is 0.706. The van der Waals surface area contributed by atoms with Gasteiger partial charge in [-0.15, -0.1) is 0 Å². The lowest BCUT2D eigenvalue weighted by atomic mass is 10.0. The number of benzene rings is 1. The van der Waals surface area contributed by atoms with Crippen LogP contribution in [0.25, 0.3) is 5.57 Å². The smallest absolute Gasteiger partial charge is 0.101 e. The molecule has 16 heavy (non-hydrogen) atoms. The minimum absolute atomic E-state index is 0.438. The van der Waals surface area contributed by atoms with Crippen molar-refractivity contribution in [1.29, 1.82) is 10.5 Å². The summed E-state index contributed by atoms with van der Waals surface area (Å²) < 4.78 is 0. The maximum Gasteiger partial charge on any atom is 0.101 e. The average Bonchev–Trinajstić information content (AvgIpc) is 2.30. The van der Waals surface area contributed by atoms with Crippen LogP contribution in [0.15, 0.2) is 29.8 Å². The Hall–Kier alpha value is -2.26. The summed E-state index contributed by atoms with van der Waals surface area (Å²) in [6, 6.07) is 11.6. The van der Waals surface area contributed by atoms with E-state index in [4.69, 9.17) is 10.5 Å². The van der Waals surface area contributed by atoms with Crippen LogP contribution in [0.1, 0.15) is 12.5 Å². The first kappa shape index (κ1) is 11.8. The molecule has 0 radical (unpaired) electrons. The summed E-state index contributed by atoms with van der Waals surface area (Å²) in [5, 5.41) is 17.8. The number of rotatable bonds is 2. The molecular weight excluding hydrogens is 198 g/mol. The van der Waals surface area contributed by atoms with Gasteiger partial charge in [-0.2, -0.15) is 10.5 Å². The molecule has 0 aliphatic heterocycles. The molecule has 0 bridgehead atoms. The van der Waals surface area contributed by atoms with Crippen molar-refractivity contribution in [3.05, 3.63) is 35.4 Å². The summed E-state index contributed by atoms with van der Waals surface area (Å²) in [6.07, 6.45) is 0. The van der Waals surface area contributed by atoms with Gasteiger partial charge in [-0.25, -0.2) is 0 Å². The minimum atomic E-state index is 0.438. The Kier molecular flexibility index (Phi) is 3.69. The molecule has 3 heteroatoms. The number of hydrogen-bond acceptors (Lipinski definition) is 3. The highest BCUT2D eigenvalue weighted by atomic mass is 15.1. The van der Waals surface area contributed by atoms with Crippen molar-refractivity contribution in [2.45, 2.75) is 6.92 Å². The third-order valence-corrected chi connectivity index (χ3v) is 2.33. The fourth-order valence-electron chi connectivity index (χ4n) is 1.35. The molecule has 0 saturated carbocycles. The lowest BCUT2D eigenvalue weighted by Crippen LogP contribution is -2.08. The molecule has 1 rings (SSSR count). The standard InChI is InChI=1S/C13H13N3/c1-10(8-14)13(9-15)11-4-6-12(7-5-11)16(2)3/h4-7H,1-3H3/b13-10-. The Balaban J connectivity index is 3.18. The van der Waals surface area contributed by atoms with Crippen molar-refractivity contribution in [3.63, 3.8) is 0 Å². The van der Waals surface area contributed by atoms with Gasteiger partial charge in [0.1, 0.15) is 6.07 Å². The monoisotopic (exact) mass is 211 g/mol. The second-order valence-electron chi connectivity index (χ2n) is 3.66. The third kappa shape index (κ3) is 2.40. The second kappa shape index (κ2) is 5.00. The lowest BCUT2D eigenvalue weighted by Gasteiger charge is -2.12. The zero-order valence-electron chi connectivity index (χ0n) is 9.65. The molecule has 0 fully saturated rings. The summed E-state index contributed by atoms with van der Waals surface area (Å²) in [5.41, 5.74) is 2.73. The minimum Gasteiger partial charge on any atom is -0.378 e. The highest BCUT2D eigenvalue weighted by Gasteiger charge is 2.05. The largest absolute Gasteiger partial charge is 0.378 e. The third-order valence-electron chi connectivity index (χ3n) is 2.33. The van der Waals surface area contributed by atoms with E-state index in [9.17, 15) is 0 Å². The van der Waals surface area contributed by atoms with E-state index in [1.807, 2.05) is 49.3 Å². The number of nitriles is 2. The molecule has 0 atom stereocenters. The molecule has 1 aromatic rings. The van der Waals surface area contributed by atoms with Crippen LogP contribution in [0.4, 0.5) is 5.69 Å². The van der Waals surface area contributed by atoms with Gasteiger partial charge in [0.2, 0.25) is 0 Å². The zero-order chi connectivity index (χ0) is 12.1. The SMILES string of the molecule is C/C(C#N)=C(\C#N)c1ccc(N(C)C)cc1. The van der Waals surface area contributed by atoms with Crippen molar-refractivity contribution in [1.82, 2.24) is 0 Å². The van der Waals surface area contributed by atoms with Crippen LogP contribution in [0.3, 0.4) is 0 Å². The van der Waals surface area contributed by atoms with E-state index < -0.39 is 0 Å². The Bertz CT molecular complexity index is 481. The van der Waals surface area contributed by atoms with Crippen LogP contribution in [0, 0.1) is 22.7 Å². The molecule has 0 spiro atoms. The fourth-order valence-corrected chi connectivity index (χ4v) is 1.35. The molecule has 0 N–H and O–H groups in total. The molecule has 80 valence electrons. The predicted molar refractivity (Wildman–Crippen MR) is 64.6 cm³/mol.